The van der Waals surface area contributed by atoms with Crippen LogP contribution in [0.15, 0.2) is 18.2 Å². The average molecular weight is 255 g/mol. The van der Waals surface area contributed by atoms with E-state index < -0.39 is 0 Å². The second-order valence-corrected chi connectivity index (χ2v) is 5.38. The van der Waals surface area contributed by atoms with Crippen molar-refractivity contribution in [3.63, 3.8) is 0 Å². The number of hydrogen-bond donors (Lipinski definition) is 0. The van der Waals surface area contributed by atoms with Crippen molar-refractivity contribution in [1.29, 1.82) is 0 Å². The Morgan fingerprint density at radius 1 is 1.29 bits per heavy atom. The Morgan fingerprint density at radius 2 is 2.00 bits per heavy atom. The minimum atomic E-state index is 0.376. The van der Waals surface area contributed by atoms with Crippen LogP contribution in [0.5, 0.6) is 11.5 Å². The molecule has 1 fully saturated rings. The molecule has 1 aromatic carbocycles. The van der Waals surface area contributed by atoms with Crippen LogP contribution in [0.1, 0.15) is 18.9 Å². The number of ether oxygens (including phenoxy) is 2. The van der Waals surface area contributed by atoms with Gasteiger partial charge in [-0.1, -0.05) is 13.0 Å². The Bertz CT molecular complexity index is 405. The van der Waals surface area contributed by atoms with Gasteiger partial charge in [0.2, 0.25) is 0 Å². The summed E-state index contributed by atoms with van der Waals surface area (Å²) >= 11 is 5.91. The molecule has 1 aliphatic carbocycles. The number of hydrogen-bond acceptors (Lipinski definition) is 2. The zero-order valence-electron chi connectivity index (χ0n) is 10.6. The molecule has 94 valence electrons. The lowest BCUT2D eigenvalue weighted by atomic mass is 9.96. The Hall–Kier alpha value is -0.890. The molecule has 2 atom stereocenters. The molecule has 0 aliphatic heterocycles. The molecule has 2 rings (SSSR count). The molecule has 0 heterocycles. The SMILES string of the molecule is COc1ccc(CC2(C)CC2CCl)cc1OC. The van der Waals surface area contributed by atoms with Crippen LogP contribution in [-0.2, 0) is 6.42 Å². The van der Waals surface area contributed by atoms with Crippen LogP contribution in [-0.4, -0.2) is 20.1 Å². The predicted octanol–water partition coefficient (Wildman–Crippen LogP) is 3.51. The molecule has 1 saturated carbocycles. The summed E-state index contributed by atoms with van der Waals surface area (Å²) in [4.78, 5) is 0. The summed E-state index contributed by atoms with van der Waals surface area (Å²) in [7, 11) is 3.32. The van der Waals surface area contributed by atoms with Crippen LogP contribution < -0.4 is 9.47 Å². The number of halogens is 1. The maximum Gasteiger partial charge on any atom is 0.160 e. The normalized spacial score (nSPS) is 26.7. The fourth-order valence-electron chi connectivity index (χ4n) is 2.42. The van der Waals surface area contributed by atoms with E-state index >= 15 is 0 Å². The molecule has 0 bridgehead atoms. The number of benzene rings is 1. The average Bonchev–Trinajstić information content (AvgIpc) is 2.99. The van der Waals surface area contributed by atoms with Crippen molar-refractivity contribution in [2.24, 2.45) is 11.3 Å². The van der Waals surface area contributed by atoms with E-state index in [2.05, 4.69) is 19.1 Å². The van der Waals surface area contributed by atoms with Gasteiger partial charge in [0, 0.05) is 5.88 Å². The number of rotatable bonds is 5. The minimum Gasteiger partial charge on any atom is -0.493 e. The van der Waals surface area contributed by atoms with Crippen LogP contribution in [0.3, 0.4) is 0 Å². The van der Waals surface area contributed by atoms with Gasteiger partial charge in [-0.15, -0.1) is 11.6 Å². The molecule has 17 heavy (non-hydrogen) atoms. The van der Waals surface area contributed by atoms with Crippen molar-refractivity contribution in [3.05, 3.63) is 23.8 Å². The maximum atomic E-state index is 5.91. The first-order valence-corrected chi connectivity index (χ1v) is 6.43. The standard InChI is InChI=1S/C14H19ClO2/c1-14(8-11(14)9-15)7-10-4-5-12(16-2)13(6-10)17-3/h4-6,11H,7-9H2,1-3H3. The highest BCUT2D eigenvalue weighted by atomic mass is 35.5. The second-order valence-electron chi connectivity index (χ2n) is 5.08. The Morgan fingerprint density at radius 3 is 2.53 bits per heavy atom. The first kappa shape index (κ1) is 12.6. The molecule has 3 heteroatoms. The Balaban J connectivity index is 2.12. The quantitative estimate of drug-likeness (QED) is 0.749. The zero-order valence-corrected chi connectivity index (χ0v) is 11.4. The van der Waals surface area contributed by atoms with Gasteiger partial charge in [0.1, 0.15) is 0 Å². The van der Waals surface area contributed by atoms with Crippen LogP contribution in [0.25, 0.3) is 0 Å². The summed E-state index contributed by atoms with van der Waals surface area (Å²) in [6.45, 7) is 2.30. The van der Waals surface area contributed by atoms with Gasteiger partial charge in [0.25, 0.3) is 0 Å². The molecule has 1 aliphatic rings. The molecule has 2 unspecified atom stereocenters. The van der Waals surface area contributed by atoms with E-state index in [-0.39, 0.29) is 0 Å². The highest BCUT2D eigenvalue weighted by Crippen LogP contribution is 2.55. The number of alkyl halides is 1. The first-order valence-electron chi connectivity index (χ1n) is 5.90. The van der Waals surface area contributed by atoms with Gasteiger partial charge in [0.15, 0.2) is 11.5 Å². The second kappa shape index (κ2) is 4.77. The van der Waals surface area contributed by atoms with Crippen molar-refractivity contribution in [2.45, 2.75) is 19.8 Å². The van der Waals surface area contributed by atoms with E-state index in [0.29, 0.717) is 11.3 Å². The van der Waals surface area contributed by atoms with Gasteiger partial charge in [-0.2, -0.15) is 0 Å². The lowest BCUT2D eigenvalue weighted by molar-refractivity contribution is 0.354. The lowest BCUT2D eigenvalue weighted by Crippen LogP contribution is -2.04. The molecule has 0 amide bonds. The van der Waals surface area contributed by atoms with Gasteiger partial charge >= 0.3 is 0 Å². The third-order valence-corrected chi connectivity index (χ3v) is 4.15. The Labute approximate surface area is 108 Å². The summed E-state index contributed by atoms with van der Waals surface area (Å²) in [6.07, 6.45) is 2.29. The predicted molar refractivity (Wildman–Crippen MR) is 70.2 cm³/mol. The maximum absolute atomic E-state index is 5.91. The molecule has 0 N–H and O–H groups in total. The van der Waals surface area contributed by atoms with Gasteiger partial charge in [0.05, 0.1) is 14.2 Å². The lowest BCUT2D eigenvalue weighted by Gasteiger charge is -2.13. The van der Waals surface area contributed by atoms with Crippen molar-refractivity contribution >= 4 is 11.6 Å². The van der Waals surface area contributed by atoms with Gasteiger partial charge < -0.3 is 9.47 Å². The highest BCUT2D eigenvalue weighted by Gasteiger charge is 2.48. The Kier molecular flexibility index (Phi) is 3.53. The third kappa shape index (κ3) is 2.52. The van der Waals surface area contributed by atoms with E-state index in [0.717, 1.165) is 23.8 Å². The van der Waals surface area contributed by atoms with E-state index in [1.165, 1.54) is 12.0 Å². The molecule has 0 saturated heterocycles. The van der Waals surface area contributed by atoms with Crippen LogP contribution in [0, 0.1) is 11.3 Å². The molecular weight excluding hydrogens is 236 g/mol. The van der Waals surface area contributed by atoms with Gasteiger partial charge in [-0.3, -0.25) is 0 Å². The summed E-state index contributed by atoms with van der Waals surface area (Å²) in [5.74, 6) is 3.02. The molecule has 0 radical (unpaired) electrons. The van der Waals surface area contributed by atoms with Crippen molar-refractivity contribution < 1.29 is 9.47 Å². The number of methoxy groups -OCH3 is 2. The van der Waals surface area contributed by atoms with E-state index in [1.54, 1.807) is 14.2 Å². The van der Waals surface area contributed by atoms with Gasteiger partial charge in [-0.25, -0.2) is 0 Å². The summed E-state index contributed by atoms with van der Waals surface area (Å²) in [5, 5.41) is 0. The zero-order chi connectivity index (χ0) is 12.5. The van der Waals surface area contributed by atoms with Crippen molar-refractivity contribution in [2.75, 3.05) is 20.1 Å². The van der Waals surface area contributed by atoms with Gasteiger partial charge in [-0.05, 0) is 41.9 Å². The fraction of sp³-hybridized carbons (Fsp3) is 0.571. The molecular formula is C14H19ClO2. The fourth-order valence-corrected chi connectivity index (χ4v) is 2.90. The van der Waals surface area contributed by atoms with Crippen molar-refractivity contribution in [1.82, 2.24) is 0 Å². The van der Waals surface area contributed by atoms with E-state index in [1.807, 2.05) is 6.07 Å². The smallest absolute Gasteiger partial charge is 0.160 e. The monoisotopic (exact) mass is 254 g/mol. The summed E-state index contributed by atoms with van der Waals surface area (Å²) in [5.41, 5.74) is 1.67. The molecule has 0 aromatic heterocycles. The molecule has 1 aromatic rings. The largest absolute Gasteiger partial charge is 0.493 e. The molecule has 2 nitrogen and oxygen atoms in total. The summed E-state index contributed by atoms with van der Waals surface area (Å²) < 4.78 is 10.5. The first-order chi connectivity index (χ1) is 8.12. The highest BCUT2D eigenvalue weighted by molar-refractivity contribution is 6.18. The van der Waals surface area contributed by atoms with E-state index in [9.17, 15) is 0 Å². The topological polar surface area (TPSA) is 18.5 Å². The minimum absolute atomic E-state index is 0.376. The van der Waals surface area contributed by atoms with Crippen LogP contribution in [0.4, 0.5) is 0 Å². The summed E-state index contributed by atoms with van der Waals surface area (Å²) in [6, 6.07) is 6.14. The van der Waals surface area contributed by atoms with Crippen LogP contribution in [0.2, 0.25) is 0 Å². The third-order valence-electron chi connectivity index (χ3n) is 3.78. The van der Waals surface area contributed by atoms with E-state index in [4.69, 9.17) is 21.1 Å². The molecule has 0 spiro atoms. The van der Waals surface area contributed by atoms with Crippen LogP contribution >= 0.6 is 11.6 Å². The van der Waals surface area contributed by atoms with Crippen molar-refractivity contribution in [3.8, 4) is 11.5 Å².